The maximum atomic E-state index is 12.6. The van der Waals surface area contributed by atoms with Gasteiger partial charge in [-0.25, -0.2) is 8.42 Å². The molecule has 0 bridgehead atoms. The first-order chi connectivity index (χ1) is 10.1. The van der Waals surface area contributed by atoms with Crippen LogP contribution < -0.4 is 0 Å². The summed E-state index contributed by atoms with van der Waals surface area (Å²) in [7, 11) is -3.40. The molecule has 1 saturated carbocycles. The highest BCUT2D eigenvalue weighted by molar-refractivity contribution is 7.89. The van der Waals surface area contributed by atoms with Gasteiger partial charge in [0.25, 0.3) is 0 Å². The molecule has 2 heterocycles. The van der Waals surface area contributed by atoms with Crippen molar-refractivity contribution >= 4 is 21.6 Å². The minimum atomic E-state index is -3.40. The van der Waals surface area contributed by atoms with E-state index in [1.165, 1.54) is 31.9 Å². The first-order valence-corrected chi connectivity index (χ1v) is 9.62. The molecule has 2 fully saturated rings. The second kappa shape index (κ2) is 5.89. The van der Waals surface area contributed by atoms with Gasteiger partial charge in [-0.3, -0.25) is 4.68 Å². The van der Waals surface area contributed by atoms with Crippen LogP contribution in [0.2, 0.25) is 0 Å². The third kappa shape index (κ3) is 2.98. The van der Waals surface area contributed by atoms with Crippen LogP contribution in [0.25, 0.3) is 0 Å². The minimum absolute atomic E-state index is 0.287. The zero-order valence-electron chi connectivity index (χ0n) is 12.2. The second-order valence-electron chi connectivity index (χ2n) is 6.24. The van der Waals surface area contributed by atoms with Crippen LogP contribution in [0.1, 0.15) is 38.5 Å². The number of aryl methyl sites for hydroxylation is 1. The number of alkyl halides is 1. The molecule has 1 saturated heterocycles. The average Bonchev–Trinajstić information content (AvgIpc) is 3.10. The molecule has 3 rings (SSSR count). The predicted octanol–water partition coefficient (Wildman–Crippen LogP) is 2.47. The molecule has 1 aliphatic heterocycles. The molecule has 2 aliphatic rings. The summed E-state index contributed by atoms with van der Waals surface area (Å²) in [5.74, 6) is 0.424. The Balaban J connectivity index is 1.70. The number of rotatable bonds is 4. The van der Waals surface area contributed by atoms with Gasteiger partial charge in [0.2, 0.25) is 10.0 Å². The molecule has 5 nitrogen and oxygen atoms in total. The van der Waals surface area contributed by atoms with Crippen molar-refractivity contribution in [1.82, 2.24) is 14.1 Å². The van der Waals surface area contributed by atoms with E-state index in [1.807, 2.05) is 0 Å². The lowest BCUT2D eigenvalue weighted by atomic mass is 9.78. The molecule has 7 heteroatoms. The quantitative estimate of drug-likeness (QED) is 0.796. The van der Waals surface area contributed by atoms with Crippen LogP contribution in [0.15, 0.2) is 17.3 Å². The predicted molar refractivity (Wildman–Crippen MR) is 81.8 cm³/mol. The molecule has 1 aromatic rings. The van der Waals surface area contributed by atoms with Crippen molar-refractivity contribution in [1.29, 1.82) is 0 Å². The Morgan fingerprint density at radius 3 is 2.48 bits per heavy atom. The molecule has 0 atom stereocenters. The molecule has 118 valence electrons. The number of sulfonamides is 1. The summed E-state index contributed by atoms with van der Waals surface area (Å²) in [6.45, 7) is 1.81. The summed E-state index contributed by atoms with van der Waals surface area (Å²) >= 11 is 5.66. The van der Waals surface area contributed by atoms with Crippen LogP contribution in [0.3, 0.4) is 0 Å². The number of aromatic nitrogens is 2. The molecule has 0 N–H and O–H groups in total. The van der Waals surface area contributed by atoms with Gasteiger partial charge in [-0.1, -0.05) is 12.8 Å². The number of hydrogen-bond donors (Lipinski definition) is 0. The zero-order chi connectivity index (χ0) is 14.9. The van der Waals surface area contributed by atoms with Crippen molar-refractivity contribution in [3.05, 3.63) is 12.4 Å². The van der Waals surface area contributed by atoms with Gasteiger partial charge in [0.1, 0.15) is 4.90 Å². The lowest BCUT2D eigenvalue weighted by Crippen LogP contribution is -2.42. The standard InChI is InChI=1S/C14H22ClN3O2S/c15-7-10-17-12-13(11-16-17)21(19,20)18-8-5-14(6-9-18)3-1-2-4-14/h11-12H,1-10H2. The maximum Gasteiger partial charge on any atom is 0.246 e. The Kier molecular flexibility index (Phi) is 4.30. The van der Waals surface area contributed by atoms with E-state index in [0.29, 0.717) is 30.9 Å². The maximum absolute atomic E-state index is 12.6. The van der Waals surface area contributed by atoms with Crippen molar-refractivity contribution in [3.63, 3.8) is 0 Å². The van der Waals surface area contributed by atoms with Gasteiger partial charge in [-0.15, -0.1) is 11.6 Å². The van der Waals surface area contributed by atoms with E-state index < -0.39 is 10.0 Å². The number of hydrogen-bond acceptors (Lipinski definition) is 3. The summed E-state index contributed by atoms with van der Waals surface area (Å²) in [6, 6.07) is 0. The third-order valence-electron chi connectivity index (χ3n) is 5.01. The summed E-state index contributed by atoms with van der Waals surface area (Å²) < 4.78 is 28.5. The normalized spacial score (nSPS) is 22.9. The van der Waals surface area contributed by atoms with Gasteiger partial charge in [0.15, 0.2) is 0 Å². The summed E-state index contributed by atoms with van der Waals surface area (Å²) in [5, 5.41) is 4.06. The summed E-state index contributed by atoms with van der Waals surface area (Å²) in [6.07, 6.45) is 10.2. The average molecular weight is 332 g/mol. The first kappa shape index (κ1) is 15.3. The highest BCUT2D eigenvalue weighted by Gasteiger charge is 2.40. The van der Waals surface area contributed by atoms with Crippen LogP contribution in [-0.2, 0) is 16.6 Å². The number of halogens is 1. The van der Waals surface area contributed by atoms with E-state index >= 15 is 0 Å². The van der Waals surface area contributed by atoms with Gasteiger partial charge in [-0.05, 0) is 31.1 Å². The van der Waals surface area contributed by atoms with Gasteiger partial charge < -0.3 is 0 Å². The monoisotopic (exact) mass is 331 g/mol. The van der Waals surface area contributed by atoms with Crippen molar-refractivity contribution in [3.8, 4) is 0 Å². The zero-order valence-corrected chi connectivity index (χ0v) is 13.7. The Bertz CT molecular complexity index is 583. The largest absolute Gasteiger partial charge is 0.270 e. The van der Waals surface area contributed by atoms with Crippen molar-refractivity contribution in [2.75, 3.05) is 19.0 Å². The lowest BCUT2D eigenvalue weighted by Gasteiger charge is -2.38. The Hall–Kier alpha value is -0.590. The third-order valence-corrected chi connectivity index (χ3v) is 7.03. The number of piperidine rings is 1. The topological polar surface area (TPSA) is 55.2 Å². The van der Waals surface area contributed by atoms with E-state index in [4.69, 9.17) is 11.6 Å². The molecule has 1 aromatic heterocycles. The van der Waals surface area contributed by atoms with Gasteiger partial charge in [0, 0.05) is 25.2 Å². The van der Waals surface area contributed by atoms with Crippen LogP contribution in [-0.4, -0.2) is 41.5 Å². The molecule has 21 heavy (non-hydrogen) atoms. The van der Waals surface area contributed by atoms with Crippen LogP contribution in [0.5, 0.6) is 0 Å². The van der Waals surface area contributed by atoms with Crippen molar-refractivity contribution in [2.24, 2.45) is 5.41 Å². The van der Waals surface area contributed by atoms with Crippen LogP contribution >= 0.6 is 11.6 Å². The Morgan fingerprint density at radius 1 is 1.19 bits per heavy atom. The second-order valence-corrected chi connectivity index (χ2v) is 8.56. The Labute approximate surface area is 131 Å². The molecular weight excluding hydrogens is 310 g/mol. The first-order valence-electron chi connectivity index (χ1n) is 7.64. The fourth-order valence-corrected chi connectivity index (χ4v) is 5.23. The van der Waals surface area contributed by atoms with Crippen LogP contribution in [0, 0.1) is 5.41 Å². The molecule has 0 aromatic carbocycles. The van der Waals surface area contributed by atoms with Crippen molar-refractivity contribution < 1.29 is 8.42 Å². The summed E-state index contributed by atoms with van der Waals surface area (Å²) in [4.78, 5) is 0.287. The van der Waals surface area contributed by atoms with E-state index in [1.54, 1.807) is 15.2 Å². The van der Waals surface area contributed by atoms with Gasteiger partial charge in [0.05, 0.1) is 12.7 Å². The molecule has 1 spiro atoms. The molecule has 0 unspecified atom stereocenters. The Morgan fingerprint density at radius 2 is 1.86 bits per heavy atom. The fraction of sp³-hybridized carbons (Fsp3) is 0.786. The minimum Gasteiger partial charge on any atom is -0.270 e. The van der Waals surface area contributed by atoms with E-state index in [-0.39, 0.29) is 4.90 Å². The smallest absolute Gasteiger partial charge is 0.246 e. The van der Waals surface area contributed by atoms with E-state index in [9.17, 15) is 8.42 Å². The summed E-state index contributed by atoms with van der Waals surface area (Å²) in [5.41, 5.74) is 0.425. The molecule has 0 amide bonds. The fourth-order valence-electron chi connectivity index (χ4n) is 3.66. The van der Waals surface area contributed by atoms with Gasteiger partial charge >= 0.3 is 0 Å². The number of nitrogens with zero attached hydrogens (tertiary/aromatic N) is 3. The van der Waals surface area contributed by atoms with Gasteiger partial charge in [-0.2, -0.15) is 9.40 Å². The van der Waals surface area contributed by atoms with Crippen LogP contribution in [0.4, 0.5) is 0 Å². The van der Waals surface area contributed by atoms with Crippen molar-refractivity contribution in [2.45, 2.75) is 50.0 Å². The van der Waals surface area contributed by atoms with E-state index in [2.05, 4.69) is 5.10 Å². The molecule has 0 radical (unpaired) electrons. The lowest BCUT2D eigenvalue weighted by molar-refractivity contribution is 0.160. The highest BCUT2D eigenvalue weighted by atomic mass is 35.5. The SMILES string of the molecule is O=S(=O)(c1cnn(CCCl)c1)N1CCC2(CCCC2)CC1. The highest BCUT2D eigenvalue weighted by Crippen LogP contribution is 2.46. The molecule has 1 aliphatic carbocycles. The molecular formula is C14H22ClN3O2S. The van der Waals surface area contributed by atoms with E-state index in [0.717, 1.165) is 12.8 Å².